The number of rotatable bonds is 6. The van der Waals surface area contributed by atoms with Crippen molar-refractivity contribution in [1.29, 1.82) is 0 Å². The lowest BCUT2D eigenvalue weighted by atomic mass is 10.2. The van der Waals surface area contributed by atoms with E-state index in [4.69, 9.17) is 0 Å². The molecule has 0 bridgehead atoms. The molecule has 0 saturated heterocycles. The fourth-order valence-electron chi connectivity index (χ4n) is 0.818. The second kappa shape index (κ2) is 7.98. The maximum atomic E-state index is 10.9. The average Bonchev–Trinajstić information content (AvgIpc) is 2.05. The highest BCUT2D eigenvalue weighted by molar-refractivity contribution is 5.75. The Morgan fingerprint density at radius 2 is 2.25 bits per heavy atom. The van der Waals surface area contributed by atoms with E-state index in [0.717, 1.165) is 19.1 Å². The minimum atomic E-state index is 0.0806. The number of hydrogen-bond acceptors (Lipinski definition) is 2. The average molecular weight is 169 g/mol. The SMILES string of the molecule is CCNC(=O)CCC/C=C\C=O. The van der Waals surface area contributed by atoms with Gasteiger partial charge in [0.25, 0.3) is 0 Å². The molecule has 0 aromatic rings. The van der Waals surface area contributed by atoms with Crippen LogP contribution in [0.15, 0.2) is 12.2 Å². The lowest BCUT2D eigenvalue weighted by Gasteiger charge is -1.98. The third kappa shape index (κ3) is 6.99. The molecule has 0 unspecified atom stereocenters. The Bertz CT molecular complexity index is 164. The van der Waals surface area contributed by atoms with Gasteiger partial charge in [-0.2, -0.15) is 0 Å². The number of aldehydes is 1. The first-order chi connectivity index (χ1) is 5.81. The summed E-state index contributed by atoms with van der Waals surface area (Å²) in [6.07, 6.45) is 6.10. The molecule has 68 valence electrons. The van der Waals surface area contributed by atoms with E-state index in [1.165, 1.54) is 6.08 Å². The fourth-order valence-corrected chi connectivity index (χ4v) is 0.818. The first-order valence-corrected chi connectivity index (χ1v) is 4.18. The first kappa shape index (κ1) is 10.9. The predicted molar refractivity (Wildman–Crippen MR) is 47.7 cm³/mol. The van der Waals surface area contributed by atoms with Crippen molar-refractivity contribution in [2.24, 2.45) is 0 Å². The van der Waals surface area contributed by atoms with E-state index in [2.05, 4.69) is 5.32 Å². The quantitative estimate of drug-likeness (QED) is 0.367. The second-order valence-electron chi connectivity index (χ2n) is 2.41. The minimum absolute atomic E-state index is 0.0806. The van der Waals surface area contributed by atoms with Crippen molar-refractivity contribution in [3.8, 4) is 0 Å². The lowest BCUT2D eigenvalue weighted by molar-refractivity contribution is -0.121. The van der Waals surface area contributed by atoms with E-state index in [1.54, 1.807) is 6.08 Å². The summed E-state index contributed by atoms with van der Waals surface area (Å²) in [7, 11) is 0. The van der Waals surface area contributed by atoms with E-state index in [-0.39, 0.29) is 5.91 Å². The first-order valence-electron chi connectivity index (χ1n) is 4.18. The molecule has 1 amide bonds. The van der Waals surface area contributed by atoms with Gasteiger partial charge < -0.3 is 5.32 Å². The maximum absolute atomic E-state index is 10.9. The van der Waals surface area contributed by atoms with E-state index in [0.29, 0.717) is 13.0 Å². The molecule has 0 spiro atoms. The molecule has 0 aromatic carbocycles. The van der Waals surface area contributed by atoms with Crippen LogP contribution in [0.5, 0.6) is 0 Å². The molecule has 0 atom stereocenters. The van der Waals surface area contributed by atoms with Crippen LogP contribution < -0.4 is 5.32 Å². The van der Waals surface area contributed by atoms with Crippen LogP contribution in [0.4, 0.5) is 0 Å². The molecule has 0 rings (SSSR count). The third-order valence-electron chi connectivity index (χ3n) is 1.36. The van der Waals surface area contributed by atoms with Gasteiger partial charge in [0.2, 0.25) is 5.91 Å². The number of hydrogen-bond donors (Lipinski definition) is 1. The summed E-state index contributed by atoms with van der Waals surface area (Å²) >= 11 is 0. The van der Waals surface area contributed by atoms with E-state index >= 15 is 0 Å². The van der Waals surface area contributed by atoms with Crippen molar-refractivity contribution >= 4 is 12.2 Å². The highest BCUT2D eigenvalue weighted by Gasteiger charge is 1.95. The number of allylic oxidation sites excluding steroid dienone is 2. The van der Waals surface area contributed by atoms with Gasteiger partial charge in [-0.1, -0.05) is 6.08 Å². The van der Waals surface area contributed by atoms with Gasteiger partial charge in [0.15, 0.2) is 0 Å². The monoisotopic (exact) mass is 169 g/mol. The summed E-state index contributed by atoms with van der Waals surface area (Å²) in [5, 5.41) is 2.70. The Balaban J connectivity index is 3.24. The van der Waals surface area contributed by atoms with Crippen LogP contribution >= 0.6 is 0 Å². The lowest BCUT2D eigenvalue weighted by Crippen LogP contribution is -2.21. The van der Waals surface area contributed by atoms with E-state index in [1.807, 2.05) is 6.92 Å². The van der Waals surface area contributed by atoms with Crippen molar-refractivity contribution in [2.45, 2.75) is 26.2 Å². The van der Waals surface area contributed by atoms with Gasteiger partial charge >= 0.3 is 0 Å². The van der Waals surface area contributed by atoms with Gasteiger partial charge in [0.1, 0.15) is 6.29 Å². The molecule has 0 radical (unpaired) electrons. The van der Waals surface area contributed by atoms with Gasteiger partial charge in [-0.25, -0.2) is 0 Å². The Hall–Kier alpha value is -1.12. The third-order valence-corrected chi connectivity index (χ3v) is 1.36. The molecular formula is C9H15NO2. The zero-order valence-corrected chi connectivity index (χ0v) is 7.38. The summed E-state index contributed by atoms with van der Waals surface area (Å²) in [6.45, 7) is 2.58. The zero-order chi connectivity index (χ0) is 9.23. The van der Waals surface area contributed by atoms with Crippen molar-refractivity contribution < 1.29 is 9.59 Å². The number of carbonyl (C=O) groups is 2. The normalized spacial score (nSPS) is 10.1. The van der Waals surface area contributed by atoms with Crippen LogP contribution in [0.25, 0.3) is 0 Å². The maximum Gasteiger partial charge on any atom is 0.219 e. The Morgan fingerprint density at radius 3 is 2.83 bits per heavy atom. The van der Waals surface area contributed by atoms with E-state index < -0.39 is 0 Å². The Labute approximate surface area is 72.8 Å². The Kier molecular flexibility index (Phi) is 7.24. The zero-order valence-electron chi connectivity index (χ0n) is 7.38. The standard InChI is InChI=1S/C9H15NO2/c1-2-10-9(12)7-5-3-4-6-8-11/h4,6,8H,2-3,5,7H2,1H3,(H,10,12)/b6-4-. The summed E-state index contributed by atoms with van der Waals surface area (Å²) < 4.78 is 0. The molecule has 3 nitrogen and oxygen atoms in total. The van der Waals surface area contributed by atoms with Gasteiger partial charge in [0.05, 0.1) is 0 Å². The van der Waals surface area contributed by atoms with Crippen LogP contribution in [0.3, 0.4) is 0 Å². The van der Waals surface area contributed by atoms with Crippen LogP contribution in [0, 0.1) is 0 Å². The summed E-state index contributed by atoms with van der Waals surface area (Å²) in [4.78, 5) is 20.7. The molecule has 3 heteroatoms. The van der Waals surface area contributed by atoms with Gasteiger partial charge in [-0.05, 0) is 25.8 Å². The largest absolute Gasteiger partial charge is 0.356 e. The van der Waals surface area contributed by atoms with Crippen LogP contribution in [-0.2, 0) is 9.59 Å². The number of carbonyl (C=O) groups excluding carboxylic acids is 2. The highest BCUT2D eigenvalue weighted by atomic mass is 16.1. The Morgan fingerprint density at radius 1 is 1.50 bits per heavy atom. The van der Waals surface area contributed by atoms with Crippen LogP contribution in [0.1, 0.15) is 26.2 Å². The number of amides is 1. The van der Waals surface area contributed by atoms with Crippen molar-refractivity contribution in [3.63, 3.8) is 0 Å². The molecule has 0 aliphatic carbocycles. The minimum Gasteiger partial charge on any atom is -0.356 e. The van der Waals surface area contributed by atoms with Crippen molar-refractivity contribution in [2.75, 3.05) is 6.54 Å². The molecule has 0 aliphatic rings. The molecule has 0 heterocycles. The molecule has 0 saturated carbocycles. The van der Waals surface area contributed by atoms with Gasteiger partial charge in [-0.15, -0.1) is 0 Å². The summed E-state index contributed by atoms with van der Waals surface area (Å²) in [5.41, 5.74) is 0. The predicted octanol–water partition coefficient (Wildman–Crippen LogP) is 1.05. The molecule has 0 fully saturated rings. The van der Waals surface area contributed by atoms with Gasteiger partial charge in [0, 0.05) is 13.0 Å². The smallest absolute Gasteiger partial charge is 0.219 e. The van der Waals surface area contributed by atoms with Crippen LogP contribution in [0.2, 0.25) is 0 Å². The van der Waals surface area contributed by atoms with Crippen molar-refractivity contribution in [3.05, 3.63) is 12.2 Å². The van der Waals surface area contributed by atoms with E-state index in [9.17, 15) is 9.59 Å². The molecular weight excluding hydrogens is 154 g/mol. The van der Waals surface area contributed by atoms with Crippen LogP contribution in [-0.4, -0.2) is 18.7 Å². The molecule has 1 N–H and O–H groups in total. The summed E-state index contributed by atoms with van der Waals surface area (Å²) in [5.74, 6) is 0.0806. The molecule has 12 heavy (non-hydrogen) atoms. The molecule has 0 aliphatic heterocycles. The fraction of sp³-hybridized carbons (Fsp3) is 0.556. The molecule has 0 aromatic heterocycles. The number of nitrogens with one attached hydrogen (secondary N) is 1. The number of unbranched alkanes of at least 4 members (excludes halogenated alkanes) is 1. The highest BCUT2D eigenvalue weighted by Crippen LogP contribution is 1.95. The van der Waals surface area contributed by atoms with Crippen molar-refractivity contribution in [1.82, 2.24) is 5.32 Å². The topological polar surface area (TPSA) is 46.2 Å². The summed E-state index contributed by atoms with van der Waals surface area (Å²) in [6, 6.07) is 0. The van der Waals surface area contributed by atoms with Gasteiger partial charge in [-0.3, -0.25) is 9.59 Å². The second-order valence-corrected chi connectivity index (χ2v) is 2.41.